The summed E-state index contributed by atoms with van der Waals surface area (Å²) >= 11 is 6.21. The number of carbonyl (C=O) groups is 2. The Labute approximate surface area is 159 Å². The van der Waals surface area contributed by atoms with E-state index < -0.39 is 5.91 Å². The summed E-state index contributed by atoms with van der Waals surface area (Å²) in [5.41, 5.74) is 3.86. The van der Waals surface area contributed by atoms with Crippen molar-refractivity contribution in [3.63, 3.8) is 0 Å². The van der Waals surface area contributed by atoms with Crippen molar-refractivity contribution in [2.45, 2.75) is 6.42 Å². The van der Waals surface area contributed by atoms with Gasteiger partial charge in [-0.15, -0.1) is 0 Å². The number of aromatic hydroxyl groups is 2. The van der Waals surface area contributed by atoms with Crippen LogP contribution >= 0.6 is 24.0 Å². The number of hydrogen-bond acceptors (Lipinski definition) is 6. The van der Waals surface area contributed by atoms with Crippen LogP contribution in [0.5, 0.6) is 11.5 Å². The van der Waals surface area contributed by atoms with Crippen LogP contribution in [0.15, 0.2) is 53.4 Å². The van der Waals surface area contributed by atoms with E-state index >= 15 is 0 Å². The molecule has 3 N–H and O–H groups in total. The van der Waals surface area contributed by atoms with Crippen LogP contribution in [0.25, 0.3) is 6.08 Å². The van der Waals surface area contributed by atoms with Crippen LogP contribution in [-0.4, -0.2) is 31.4 Å². The minimum atomic E-state index is -0.450. The predicted molar refractivity (Wildman–Crippen MR) is 103 cm³/mol. The molecule has 0 spiro atoms. The number of hydrogen-bond donors (Lipinski definition) is 3. The monoisotopic (exact) mass is 386 g/mol. The number of hydrazine groups is 1. The molecule has 1 aliphatic rings. The average Bonchev–Trinajstić information content (AvgIpc) is 2.86. The van der Waals surface area contributed by atoms with Gasteiger partial charge in [0.05, 0.1) is 11.3 Å². The van der Waals surface area contributed by atoms with E-state index in [4.69, 9.17) is 12.2 Å². The van der Waals surface area contributed by atoms with Crippen molar-refractivity contribution in [2.75, 3.05) is 0 Å². The van der Waals surface area contributed by atoms with Gasteiger partial charge in [0.15, 0.2) is 15.8 Å². The number of nitrogens with one attached hydrogen (secondary N) is 1. The SMILES string of the molecule is O=C(Cc1ccccc1)NN1C(=O)C(=Cc2ccc(O)c(O)c2)SC1=S. The van der Waals surface area contributed by atoms with E-state index in [0.29, 0.717) is 10.5 Å². The highest BCUT2D eigenvalue weighted by Crippen LogP contribution is 2.33. The van der Waals surface area contributed by atoms with Gasteiger partial charge in [-0.2, -0.15) is 5.01 Å². The van der Waals surface area contributed by atoms with Crippen LogP contribution in [0, 0.1) is 0 Å². The molecule has 6 nitrogen and oxygen atoms in total. The second-order valence-electron chi connectivity index (χ2n) is 5.46. The molecule has 2 aromatic rings. The van der Waals surface area contributed by atoms with Crippen LogP contribution in [0.1, 0.15) is 11.1 Å². The van der Waals surface area contributed by atoms with Crippen LogP contribution in [0.2, 0.25) is 0 Å². The lowest BCUT2D eigenvalue weighted by Crippen LogP contribution is -2.45. The highest BCUT2D eigenvalue weighted by Gasteiger charge is 2.33. The first kappa shape index (κ1) is 18.0. The molecule has 0 radical (unpaired) electrons. The number of phenols is 2. The Balaban J connectivity index is 1.71. The van der Waals surface area contributed by atoms with Gasteiger partial charge in [0.2, 0.25) is 5.91 Å². The first-order valence-electron chi connectivity index (χ1n) is 7.57. The van der Waals surface area contributed by atoms with Crippen molar-refractivity contribution in [3.05, 3.63) is 64.6 Å². The minimum Gasteiger partial charge on any atom is -0.504 e. The molecule has 1 fully saturated rings. The van der Waals surface area contributed by atoms with Gasteiger partial charge in [-0.05, 0) is 41.6 Å². The Morgan fingerprint density at radius 3 is 2.58 bits per heavy atom. The van der Waals surface area contributed by atoms with Crippen LogP contribution in [0.3, 0.4) is 0 Å². The molecule has 0 saturated carbocycles. The summed E-state index contributed by atoms with van der Waals surface area (Å²) in [7, 11) is 0. The van der Waals surface area contributed by atoms with Gasteiger partial charge < -0.3 is 10.2 Å². The van der Waals surface area contributed by atoms with E-state index in [1.165, 1.54) is 18.2 Å². The lowest BCUT2D eigenvalue weighted by Gasteiger charge is -2.15. The molecule has 2 amide bonds. The fraction of sp³-hybridized carbons (Fsp3) is 0.0556. The summed E-state index contributed by atoms with van der Waals surface area (Å²) in [6.45, 7) is 0. The zero-order valence-corrected chi connectivity index (χ0v) is 15.0. The number of carbonyl (C=O) groups excluding carboxylic acids is 2. The van der Waals surface area contributed by atoms with Gasteiger partial charge in [-0.3, -0.25) is 15.0 Å². The van der Waals surface area contributed by atoms with E-state index in [2.05, 4.69) is 5.43 Å². The maximum absolute atomic E-state index is 12.5. The number of benzene rings is 2. The van der Waals surface area contributed by atoms with E-state index in [1.807, 2.05) is 30.3 Å². The maximum atomic E-state index is 12.5. The lowest BCUT2D eigenvalue weighted by molar-refractivity contribution is -0.132. The third-order valence-electron chi connectivity index (χ3n) is 3.53. The van der Waals surface area contributed by atoms with Crippen molar-refractivity contribution in [1.82, 2.24) is 10.4 Å². The number of amides is 2. The molecular formula is C18H14N2O4S2. The van der Waals surface area contributed by atoms with Crippen molar-refractivity contribution in [2.24, 2.45) is 0 Å². The first-order valence-corrected chi connectivity index (χ1v) is 8.80. The quantitative estimate of drug-likeness (QED) is 0.425. The molecule has 1 aliphatic heterocycles. The molecule has 2 aromatic carbocycles. The van der Waals surface area contributed by atoms with Crippen molar-refractivity contribution in [1.29, 1.82) is 0 Å². The lowest BCUT2D eigenvalue weighted by atomic mass is 10.1. The van der Waals surface area contributed by atoms with Gasteiger partial charge in [0, 0.05) is 0 Å². The molecule has 1 saturated heterocycles. The molecular weight excluding hydrogens is 372 g/mol. The molecule has 0 aliphatic carbocycles. The maximum Gasteiger partial charge on any atom is 0.285 e. The van der Waals surface area contributed by atoms with Gasteiger partial charge in [-0.1, -0.05) is 48.2 Å². The zero-order valence-electron chi connectivity index (χ0n) is 13.4. The number of phenolic OH excluding ortho intramolecular Hbond substituents is 2. The van der Waals surface area contributed by atoms with Crippen LogP contribution < -0.4 is 5.43 Å². The molecule has 8 heteroatoms. The first-order chi connectivity index (χ1) is 12.4. The van der Waals surface area contributed by atoms with Crippen molar-refractivity contribution >= 4 is 46.2 Å². The molecule has 0 unspecified atom stereocenters. The summed E-state index contributed by atoms with van der Waals surface area (Å²) in [6, 6.07) is 13.4. The third-order valence-corrected chi connectivity index (χ3v) is 4.84. The summed E-state index contributed by atoms with van der Waals surface area (Å²) in [4.78, 5) is 24.9. The summed E-state index contributed by atoms with van der Waals surface area (Å²) in [6.07, 6.45) is 1.66. The number of thioether (sulfide) groups is 1. The van der Waals surface area contributed by atoms with E-state index in [9.17, 15) is 19.8 Å². The number of thiocarbonyl (C=S) groups is 1. The molecule has 26 heavy (non-hydrogen) atoms. The van der Waals surface area contributed by atoms with Gasteiger partial charge >= 0.3 is 0 Å². The van der Waals surface area contributed by atoms with Crippen molar-refractivity contribution < 1.29 is 19.8 Å². The topological polar surface area (TPSA) is 89.9 Å². The molecule has 0 bridgehead atoms. The summed E-state index contributed by atoms with van der Waals surface area (Å²) < 4.78 is 0.214. The normalized spacial score (nSPS) is 15.5. The second-order valence-corrected chi connectivity index (χ2v) is 7.14. The van der Waals surface area contributed by atoms with Gasteiger partial charge in [0.25, 0.3) is 5.91 Å². The minimum absolute atomic E-state index is 0.128. The Kier molecular flexibility index (Phi) is 5.24. The summed E-state index contributed by atoms with van der Waals surface area (Å²) in [5, 5.41) is 19.9. The smallest absolute Gasteiger partial charge is 0.285 e. The standard InChI is InChI=1S/C18H14N2O4S2/c21-13-7-6-12(8-14(13)22)9-15-17(24)20(18(25)26-15)19-16(23)10-11-4-2-1-3-5-11/h1-9,21-22H,10H2,(H,19,23). The Hall–Kier alpha value is -2.84. The zero-order chi connectivity index (χ0) is 18.7. The molecule has 1 heterocycles. The fourth-order valence-corrected chi connectivity index (χ4v) is 3.47. The van der Waals surface area contributed by atoms with E-state index in [0.717, 1.165) is 22.3 Å². The van der Waals surface area contributed by atoms with Crippen LogP contribution in [-0.2, 0) is 16.0 Å². The molecule has 0 atom stereocenters. The molecule has 3 rings (SSSR count). The van der Waals surface area contributed by atoms with Crippen LogP contribution in [0.4, 0.5) is 0 Å². The Morgan fingerprint density at radius 1 is 1.15 bits per heavy atom. The largest absolute Gasteiger partial charge is 0.504 e. The predicted octanol–water partition coefficient (Wildman–Crippen LogP) is 2.57. The molecule has 0 aromatic heterocycles. The van der Waals surface area contributed by atoms with Crippen molar-refractivity contribution in [3.8, 4) is 11.5 Å². The highest BCUT2D eigenvalue weighted by atomic mass is 32.2. The number of rotatable bonds is 4. The Morgan fingerprint density at radius 2 is 1.88 bits per heavy atom. The van der Waals surface area contributed by atoms with Gasteiger partial charge in [0.1, 0.15) is 0 Å². The highest BCUT2D eigenvalue weighted by molar-refractivity contribution is 8.26. The Bertz CT molecular complexity index is 913. The third kappa shape index (κ3) is 4.04. The fourth-order valence-electron chi connectivity index (χ4n) is 2.29. The number of nitrogens with zero attached hydrogens (tertiary/aromatic N) is 1. The van der Waals surface area contributed by atoms with E-state index in [1.54, 1.807) is 6.07 Å². The summed E-state index contributed by atoms with van der Waals surface area (Å²) in [5.74, 6) is -1.33. The van der Waals surface area contributed by atoms with Gasteiger partial charge in [-0.25, -0.2) is 0 Å². The van der Waals surface area contributed by atoms with E-state index in [-0.39, 0.29) is 28.1 Å². The second kappa shape index (κ2) is 7.59. The average molecular weight is 386 g/mol. The molecule has 132 valence electrons.